The van der Waals surface area contributed by atoms with Crippen LogP contribution in [-0.2, 0) is 14.2 Å². The van der Waals surface area contributed by atoms with Crippen molar-refractivity contribution in [3.63, 3.8) is 0 Å². The van der Waals surface area contributed by atoms with Gasteiger partial charge in [0.1, 0.15) is 0 Å². The molecule has 0 saturated carbocycles. The van der Waals surface area contributed by atoms with Crippen LogP contribution in [0.15, 0.2) is 12.3 Å². The summed E-state index contributed by atoms with van der Waals surface area (Å²) >= 11 is 0. The number of rotatable bonds is 6. The Bertz CT molecular complexity index is 174. The minimum atomic E-state index is -0.0595. The molecule has 0 amide bonds. The van der Waals surface area contributed by atoms with E-state index < -0.39 is 0 Å². The Labute approximate surface area is 92.4 Å². The lowest BCUT2D eigenvalue weighted by Gasteiger charge is -2.22. The van der Waals surface area contributed by atoms with Gasteiger partial charge in [-0.05, 0) is 37.7 Å². The summed E-state index contributed by atoms with van der Waals surface area (Å²) < 4.78 is 16.0. The van der Waals surface area contributed by atoms with E-state index in [-0.39, 0.29) is 13.1 Å². The van der Waals surface area contributed by atoms with Crippen molar-refractivity contribution in [1.82, 2.24) is 0 Å². The van der Waals surface area contributed by atoms with Gasteiger partial charge in [0.05, 0.1) is 6.26 Å². The van der Waals surface area contributed by atoms with Gasteiger partial charge in [-0.1, -0.05) is 13.8 Å². The van der Waals surface area contributed by atoms with Gasteiger partial charge in [0.2, 0.25) is 0 Å². The van der Waals surface area contributed by atoms with Crippen LogP contribution in [0.4, 0.5) is 0 Å². The summed E-state index contributed by atoms with van der Waals surface area (Å²) in [6.07, 6.45) is 8.16. The Morgan fingerprint density at radius 3 is 3.00 bits per heavy atom. The van der Waals surface area contributed by atoms with E-state index in [0.717, 1.165) is 25.9 Å². The molecule has 0 aromatic rings. The van der Waals surface area contributed by atoms with Gasteiger partial charge in [0.25, 0.3) is 0 Å². The Morgan fingerprint density at radius 2 is 2.33 bits per heavy atom. The summed E-state index contributed by atoms with van der Waals surface area (Å²) in [6.45, 7) is 5.41. The topological polar surface area (TPSA) is 27.7 Å². The van der Waals surface area contributed by atoms with E-state index in [4.69, 9.17) is 14.2 Å². The van der Waals surface area contributed by atoms with Gasteiger partial charge in [-0.15, -0.1) is 0 Å². The molecule has 1 saturated heterocycles. The molecule has 1 heterocycles. The molecule has 88 valence electrons. The van der Waals surface area contributed by atoms with Crippen molar-refractivity contribution in [3.05, 3.63) is 12.3 Å². The van der Waals surface area contributed by atoms with E-state index in [9.17, 15) is 0 Å². The van der Waals surface area contributed by atoms with Gasteiger partial charge in [0, 0.05) is 6.61 Å². The molecular formula is C12H22O3. The van der Waals surface area contributed by atoms with Crippen LogP contribution in [0, 0.1) is 5.92 Å². The molecule has 1 aliphatic heterocycles. The van der Waals surface area contributed by atoms with Crippen molar-refractivity contribution in [2.45, 2.75) is 45.8 Å². The molecule has 0 aromatic carbocycles. The Balaban J connectivity index is 1.98. The quantitative estimate of drug-likeness (QED) is 0.386. The van der Waals surface area contributed by atoms with Gasteiger partial charge in [-0.3, -0.25) is 0 Å². The SMILES string of the molecule is CCC(C)C=COCOC1CCCCO1. The molecule has 1 aliphatic rings. The van der Waals surface area contributed by atoms with Crippen LogP contribution in [0.3, 0.4) is 0 Å². The molecule has 2 atom stereocenters. The van der Waals surface area contributed by atoms with Crippen molar-refractivity contribution in [2.75, 3.05) is 13.4 Å². The third kappa shape index (κ3) is 5.80. The summed E-state index contributed by atoms with van der Waals surface area (Å²) in [5.41, 5.74) is 0. The van der Waals surface area contributed by atoms with Crippen LogP contribution in [0.25, 0.3) is 0 Å². The van der Waals surface area contributed by atoms with Gasteiger partial charge in [-0.2, -0.15) is 0 Å². The zero-order chi connectivity index (χ0) is 10.9. The minimum absolute atomic E-state index is 0.0595. The van der Waals surface area contributed by atoms with E-state index in [2.05, 4.69) is 13.8 Å². The maximum atomic E-state index is 5.40. The van der Waals surface area contributed by atoms with Crippen LogP contribution in [0.5, 0.6) is 0 Å². The summed E-state index contributed by atoms with van der Waals surface area (Å²) in [5, 5.41) is 0. The standard InChI is InChI=1S/C12H22O3/c1-3-11(2)7-9-13-10-15-12-6-4-5-8-14-12/h7,9,11-12H,3-6,8,10H2,1-2H3. The van der Waals surface area contributed by atoms with Crippen molar-refractivity contribution in [2.24, 2.45) is 5.92 Å². The minimum Gasteiger partial charge on any atom is -0.475 e. The average Bonchev–Trinajstić information content (AvgIpc) is 2.29. The fourth-order valence-corrected chi connectivity index (χ4v) is 1.32. The molecule has 0 spiro atoms. The van der Waals surface area contributed by atoms with E-state index in [0.29, 0.717) is 5.92 Å². The monoisotopic (exact) mass is 214 g/mol. The second-order valence-electron chi connectivity index (χ2n) is 3.96. The van der Waals surface area contributed by atoms with Crippen LogP contribution in [0.1, 0.15) is 39.5 Å². The molecule has 2 unspecified atom stereocenters. The summed E-state index contributed by atoms with van der Waals surface area (Å²) in [5.74, 6) is 0.566. The molecular weight excluding hydrogens is 192 g/mol. The van der Waals surface area contributed by atoms with Gasteiger partial charge in [0.15, 0.2) is 13.1 Å². The van der Waals surface area contributed by atoms with Crippen molar-refractivity contribution in [3.8, 4) is 0 Å². The van der Waals surface area contributed by atoms with Crippen LogP contribution in [-0.4, -0.2) is 19.7 Å². The van der Waals surface area contributed by atoms with E-state index in [1.165, 1.54) is 6.42 Å². The molecule has 0 aromatic heterocycles. The molecule has 3 nitrogen and oxygen atoms in total. The Kier molecular flexibility index (Phi) is 6.44. The van der Waals surface area contributed by atoms with Crippen LogP contribution >= 0.6 is 0 Å². The lowest BCUT2D eigenvalue weighted by molar-refractivity contribution is -0.198. The second-order valence-corrected chi connectivity index (χ2v) is 3.96. The zero-order valence-electron chi connectivity index (χ0n) is 9.78. The van der Waals surface area contributed by atoms with Crippen LogP contribution in [0.2, 0.25) is 0 Å². The van der Waals surface area contributed by atoms with Crippen LogP contribution < -0.4 is 0 Å². The lowest BCUT2D eigenvalue weighted by Crippen LogP contribution is -2.22. The number of hydrogen-bond donors (Lipinski definition) is 0. The predicted octanol–water partition coefficient (Wildman–Crippen LogP) is 3.06. The first-order valence-electron chi connectivity index (χ1n) is 5.84. The van der Waals surface area contributed by atoms with Gasteiger partial charge >= 0.3 is 0 Å². The normalized spacial score (nSPS) is 24.3. The summed E-state index contributed by atoms with van der Waals surface area (Å²) in [7, 11) is 0. The fourth-order valence-electron chi connectivity index (χ4n) is 1.32. The fraction of sp³-hybridized carbons (Fsp3) is 0.833. The van der Waals surface area contributed by atoms with E-state index >= 15 is 0 Å². The Hall–Kier alpha value is -0.540. The molecule has 0 bridgehead atoms. The van der Waals surface area contributed by atoms with Crippen molar-refractivity contribution >= 4 is 0 Å². The van der Waals surface area contributed by atoms with Gasteiger partial charge < -0.3 is 14.2 Å². The third-order valence-corrected chi connectivity index (χ3v) is 2.61. The highest BCUT2D eigenvalue weighted by molar-refractivity contribution is 4.78. The number of allylic oxidation sites excluding steroid dienone is 1. The molecule has 0 N–H and O–H groups in total. The largest absolute Gasteiger partial charge is 0.475 e. The summed E-state index contributed by atoms with van der Waals surface area (Å²) in [4.78, 5) is 0. The summed E-state index contributed by atoms with van der Waals surface area (Å²) in [6, 6.07) is 0. The lowest BCUT2D eigenvalue weighted by atomic mass is 10.1. The highest BCUT2D eigenvalue weighted by Crippen LogP contribution is 2.13. The predicted molar refractivity (Wildman–Crippen MR) is 59.2 cm³/mol. The maximum absolute atomic E-state index is 5.40. The van der Waals surface area contributed by atoms with Gasteiger partial charge in [-0.25, -0.2) is 0 Å². The first kappa shape index (κ1) is 12.5. The number of ether oxygens (including phenoxy) is 3. The number of hydrogen-bond acceptors (Lipinski definition) is 3. The Morgan fingerprint density at radius 1 is 1.47 bits per heavy atom. The molecule has 1 rings (SSSR count). The maximum Gasteiger partial charge on any atom is 0.191 e. The highest BCUT2D eigenvalue weighted by atomic mass is 16.7. The van der Waals surface area contributed by atoms with Crippen molar-refractivity contribution < 1.29 is 14.2 Å². The first-order valence-corrected chi connectivity index (χ1v) is 5.84. The highest BCUT2D eigenvalue weighted by Gasteiger charge is 2.13. The molecule has 15 heavy (non-hydrogen) atoms. The third-order valence-electron chi connectivity index (χ3n) is 2.61. The molecule has 3 heteroatoms. The van der Waals surface area contributed by atoms with E-state index in [1.807, 2.05) is 6.08 Å². The zero-order valence-corrected chi connectivity index (χ0v) is 9.78. The second kappa shape index (κ2) is 7.71. The first-order chi connectivity index (χ1) is 7.33. The molecule has 0 aliphatic carbocycles. The molecule has 1 fully saturated rings. The molecule has 0 radical (unpaired) electrons. The van der Waals surface area contributed by atoms with E-state index in [1.54, 1.807) is 6.26 Å². The average molecular weight is 214 g/mol. The smallest absolute Gasteiger partial charge is 0.191 e. The van der Waals surface area contributed by atoms with Crippen molar-refractivity contribution in [1.29, 1.82) is 0 Å².